The number of amides is 1. The summed E-state index contributed by atoms with van der Waals surface area (Å²) in [6.07, 6.45) is 0. The average molecular weight is 397 g/mol. The van der Waals surface area contributed by atoms with Crippen LogP contribution in [0.5, 0.6) is 0 Å². The molecule has 0 aliphatic rings. The van der Waals surface area contributed by atoms with Crippen LogP contribution in [0.15, 0.2) is 40.9 Å². The van der Waals surface area contributed by atoms with E-state index in [-0.39, 0.29) is 5.91 Å². The first-order valence-corrected chi connectivity index (χ1v) is 8.64. The predicted molar refractivity (Wildman–Crippen MR) is 99.2 cm³/mol. The highest BCUT2D eigenvalue weighted by atomic mass is 79.9. The molecule has 0 spiro atoms. The molecule has 1 amide bonds. The normalized spacial score (nSPS) is 12.0. The highest BCUT2D eigenvalue weighted by Crippen LogP contribution is 2.27. The summed E-state index contributed by atoms with van der Waals surface area (Å²) in [5.74, 6) is -0.0338. The van der Waals surface area contributed by atoms with Gasteiger partial charge in [-0.25, -0.2) is 0 Å². The van der Waals surface area contributed by atoms with Gasteiger partial charge < -0.3 is 10.2 Å². The molecule has 0 bridgehead atoms. The zero-order valence-electron chi connectivity index (χ0n) is 13.5. The molecule has 3 nitrogen and oxygen atoms in total. The summed E-state index contributed by atoms with van der Waals surface area (Å²) in [7, 11) is 2.01. The number of halogens is 2. The van der Waals surface area contributed by atoms with Gasteiger partial charge in [-0.2, -0.15) is 0 Å². The lowest BCUT2D eigenvalue weighted by Crippen LogP contribution is -3.08. The number of quaternary nitrogens is 1. The summed E-state index contributed by atoms with van der Waals surface area (Å²) < 4.78 is 1.06. The van der Waals surface area contributed by atoms with Crippen LogP contribution in [0.4, 0.5) is 5.69 Å². The van der Waals surface area contributed by atoms with Crippen molar-refractivity contribution in [2.45, 2.75) is 20.4 Å². The maximum Gasteiger partial charge on any atom is 0.279 e. The summed E-state index contributed by atoms with van der Waals surface area (Å²) in [5.41, 5.74) is 3.97. The van der Waals surface area contributed by atoms with Crippen LogP contribution in [0.2, 0.25) is 5.02 Å². The zero-order valence-corrected chi connectivity index (χ0v) is 15.9. The Morgan fingerprint density at radius 3 is 2.48 bits per heavy atom. The molecule has 23 heavy (non-hydrogen) atoms. The average Bonchev–Trinajstić information content (AvgIpc) is 2.45. The molecule has 0 aliphatic carbocycles. The van der Waals surface area contributed by atoms with E-state index in [9.17, 15) is 4.79 Å². The van der Waals surface area contributed by atoms with Crippen molar-refractivity contribution in [3.8, 4) is 0 Å². The van der Waals surface area contributed by atoms with Gasteiger partial charge in [-0.1, -0.05) is 45.7 Å². The van der Waals surface area contributed by atoms with Crippen molar-refractivity contribution >= 4 is 39.1 Å². The van der Waals surface area contributed by atoms with Crippen molar-refractivity contribution in [3.63, 3.8) is 0 Å². The number of carbonyl (C=O) groups excluding carboxylic acids is 1. The number of aryl methyl sites for hydroxylation is 2. The van der Waals surface area contributed by atoms with Crippen LogP contribution in [-0.4, -0.2) is 19.5 Å². The Hall–Kier alpha value is -1.36. The molecular weight excluding hydrogens is 376 g/mol. The molecule has 0 heterocycles. The monoisotopic (exact) mass is 395 g/mol. The number of nitrogens with one attached hydrogen (secondary N) is 2. The smallest absolute Gasteiger partial charge is 0.279 e. The van der Waals surface area contributed by atoms with Crippen molar-refractivity contribution in [3.05, 3.63) is 62.6 Å². The number of hydrogen-bond acceptors (Lipinski definition) is 1. The van der Waals surface area contributed by atoms with Gasteiger partial charge in [-0.3, -0.25) is 4.79 Å². The topological polar surface area (TPSA) is 33.5 Å². The minimum Gasteiger partial charge on any atom is -0.326 e. The second kappa shape index (κ2) is 7.95. The van der Waals surface area contributed by atoms with Crippen LogP contribution in [0.1, 0.15) is 16.7 Å². The zero-order chi connectivity index (χ0) is 17.0. The van der Waals surface area contributed by atoms with Gasteiger partial charge in [-0.15, -0.1) is 0 Å². The van der Waals surface area contributed by atoms with Gasteiger partial charge in [0, 0.05) is 10.0 Å². The number of rotatable bonds is 5. The molecule has 0 fully saturated rings. The lowest BCUT2D eigenvalue weighted by Gasteiger charge is -2.16. The van der Waals surface area contributed by atoms with E-state index in [0.717, 1.165) is 27.0 Å². The first-order valence-electron chi connectivity index (χ1n) is 7.47. The van der Waals surface area contributed by atoms with E-state index in [2.05, 4.69) is 33.4 Å². The Kier molecular flexibility index (Phi) is 6.22. The number of carbonyl (C=O) groups is 1. The fourth-order valence-corrected chi connectivity index (χ4v) is 3.18. The van der Waals surface area contributed by atoms with Crippen LogP contribution in [-0.2, 0) is 11.3 Å². The molecule has 2 aromatic rings. The van der Waals surface area contributed by atoms with Gasteiger partial charge in [0.25, 0.3) is 5.91 Å². The number of benzene rings is 2. The van der Waals surface area contributed by atoms with Gasteiger partial charge in [0.2, 0.25) is 0 Å². The van der Waals surface area contributed by atoms with Crippen LogP contribution in [0, 0.1) is 13.8 Å². The standard InChI is InChI=1S/C18H20BrClN2O/c1-12-8-13(2)18(16(20)9-12)21-17(23)11-22(3)10-14-4-6-15(19)7-5-14/h4-9H,10-11H2,1-3H3,(H,21,23)/p+1. The third-order valence-electron chi connectivity index (χ3n) is 3.58. The van der Waals surface area contributed by atoms with E-state index in [1.54, 1.807) is 0 Å². The molecule has 0 saturated carbocycles. The van der Waals surface area contributed by atoms with Gasteiger partial charge in [0.1, 0.15) is 6.54 Å². The molecule has 1 atom stereocenters. The van der Waals surface area contributed by atoms with Crippen LogP contribution in [0.25, 0.3) is 0 Å². The number of hydrogen-bond donors (Lipinski definition) is 2. The Morgan fingerprint density at radius 2 is 1.87 bits per heavy atom. The van der Waals surface area contributed by atoms with Crippen molar-refractivity contribution in [1.29, 1.82) is 0 Å². The summed E-state index contributed by atoms with van der Waals surface area (Å²) in [6, 6.07) is 12.0. The molecule has 1 unspecified atom stereocenters. The Labute approximate surface area is 150 Å². The van der Waals surface area contributed by atoms with Crippen LogP contribution in [0.3, 0.4) is 0 Å². The first kappa shape index (κ1) is 18.0. The van der Waals surface area contributed by atoms with Gasteiger partial charge >= 0.3 is 0 Å². The van der Waals surface area contributed by atoms with Crippen molar-refractivity contribution in [2.75, 3.05) is 18.9 Å². The fraction of sp³-hybridized carbons (Fsp3) is 0.278. The highest BCUT2D eigenvalue weighted by molar-refractivity contribution is 9.10. The molecule has 122 valence electrons. The molecule has 0 aliphatic heterocycles. The van der Waals surface area contributed by atoms with E-state index in [4.69, 9.17) is 11.6 Å². The fourth-order valence-electron chi connectivity index (χ4n) is 2.54. The summed E-state index contributed by atoms with van der Waals surface area (Å²) in [5, 5.41) is 3.52. The molecule has 0 radical (unpaired) electrons. The first-order chi connectivity index (χ1) is 10.8. The van der Waals surface area contributed by atoms with Gasteiger partial charge in [0.15, 0.2) is 6.54 Å². The quantitative estimate of drug-likeness (QED) is 0.798. The molecule has 0 saturated heterocycles. The second-order valence-corrected chi connectivity index (χ2v) is 7.25. The highest BCUT2D eigenvalue weighted by Gasteiger charge is 2.14. The molecule has 0 aromatic heterocycles. The van der Waals surface area contributed by atoms with E-state index in [0.29, 0.717) is 17.3 Å². The van der Waals surface area contributed by atoms with Crippen molar-refractivity contribution in [2.24, 2.45) is 0 Å². The minimum atomic E-state index is -0.0338. The minimum absolute atomic E-state index is 0.0338. The third kappa shape index (κ3) is 5.34. The predicted octanol–water partition coefficient (Wildman–Crippen LogP) is 3.37. The van der Waals surface area contributed by atoms with E-state index >= 15 is 0 Å². The van der Waals surface area contributed by atoms with Gasteiger partial charge in [-0.05, 0) is 43.2 Å². The van der Waals surface area contributed by atoms with Crippen molar-refractivity contribution in [1.82, 2.24) is 0 Å². The molecular formula is C18H21BrClN2O+. The van der Waals surface area contributed by atoms with Crippen LogP contribution < -0.4 is 10.2 Å². The summed E-state index contributed by atoms with van der Waals surface area (Å²) >= 11 is 9.66. The van der Waals surface area contributed by atoms with E-state index in [1.165, 1.54) is 5.56 Å². The third-order valence-corrected chi connectivity index (χ3v) is 4.40. The lowest BCUT2D eigenvalue weighted by atomic mass is 10.1. The molecule has 2 rings (SSSR count). The largest absolute Gasteiger partial charge is 0.326 e. The maximum atomic E-state index is 12.3. The Bertz CT molecular complexity index is 678. The number of likely N-dealkylation sites (N-methyl/N-ethyl adjacent to an activating group) is 1. The summed E-state index contributed by atoms with van der Waals surface area (Å²) in [6.45, 7) is 5.12. The molecule has 2 N–H and O–H groups in total. The van der Waals surface area contributed by atoms with Gasteiger partial charge in [0.05, 0.1) is 17.8 Å². The second-order valence-electron chi connectivity index (χ2n) is 5.92. The summed E-state index contributed by atoms with van der Waals surface area (Å²) in [4.78, 5) is 13.4. The van der Waals surface area contributed by atoms with Crippen LogP contribution >= 0.6 is 27.5 Å². The van der Waals surface area contributed by atoms with Crippen molar-refractivity contribution < 1.29 is 9.69 Å². The Morgan fingerprint density at radius 1 is 1.22 bits per heavy atom. The molecule has 2 aromatic carbocycles. The number of anilines is 1. The maximum absolute atomic E-state index is 12.3. The van der Waals surface area contributed by atoms with E-state index < -0.39 is 0 Å². The Balaban J connectivity index is 1.95. The lowest BCUT2D eigenvalue weighted by molar-refractivity contribution is -0.885. The molecule has 5 heteroatoms. The van der Waals surface area contributed by atoms with E-state index in [1.807, 2.05) is 45.2 Å². The SMILES string of the molecule is Cc1cc(C)c(NC(=O)C[NH+](C)Cc2ccc(Br)cc2)c(Cl)c1.